The van der Waals surface area contributed by atoms with Gasteiger partial charge < -0.3 is 20.3 Å². The summed E-state index contributed by atoms with van der Waals surface area (Å²) in [5.74, 6) is 0.0360. The number of hydrogen-bond donors (Lipinski definition) is 2. The maximum Gasteiger partial charge on any atom is 0.344 e. The molecule has 5 nitrogen and oxygen atoms in total. The van der Waals surface area contributed by atoms with Crippen molar-refractivity contribution in [2.45, 2.75) is 13.5 Å². The monoisotopic (exact) mass is 287 g/mol. The predicted octanol–water partition coefficient (Wildman–Crippen LogP) is 2.73. The molecule has 0 unspecified atom stereocenters. The van der Waals surface area contributed by atoms with Crippen molar-refractivity contribution in [1.29, 1.82) is 0 Å². The van der Waals surface area contributed by atoms with Gasteiger partial charge in [-0.15, -0.1) is 0 Å². The molecule has 0 aliphatic carbocycles. The fourth-order valence-electron chi connectivity index (χ4n) is 1.86. The first-order valence-electron chi connectivity index (χ1n) is 6.58. The number of ether oxygens (including phenoxy) is 2. The van der Waals surface area contributed by atoms with Crippen molar-refractivity contribution >= 4 is 11.7 Å². The molecule has 3 N–H and O–H groups in total. The highest BCUT2D eigenvalue weighted by atomic mass is 16.5. The zero-order valence-corrected chi connectivity index (χ0v) is 11.7. The molecule has 2 rings (SSSR count). The molecule has 2 aromatic carbocycles. The van der Waals surface area contributed by atoms with Gasteiger partial charge in [0.15, 0.2) is 0 Å². The molecular formula is C16H17NO4. The van der Waals surface area contributed by atoms with E-state index in [2.05, 4.69) is 0 Å². The van der Waals surface area contributed by atoms with Crippen molar-refractivity contribution in [1.82, 2.24) is 0 Å². The first-order chi connectivity index (χ1) is 10.1. The Morgan fingerprint density at radius 2 is 1.90 bits per heavy atom. The number of nitrogen functional groups attached to an aromatic ring is 1. The van der Waals surface area contributed by atoms with Gasteiger partial charge in [0.2, 0.25) is 0 Å². The van der Waals surface area contributed by atoms with Gasteiger partial charge in [-0.2, -0.15) is 0 Å². The predicted molar refractivity (Wildman–Crippen MR) is 79.2 cm³/mol. The number of carbonyl (C=O) groups is 1. The van der Waals surface area contributed by atoms with Gasteiger partial charge in [0.1, 0.15) is 23.7 Å². The molecule has 0 saturated heterocycles. The third-order valence-corrected chi connectivity index (χ3v) is 2.87. The highest BCUT2D eigenvalue weighted by Crippen LogP contribution is 2.25. The van der Waals surface area contributed by atoms with Gasteiger partial charge in [0, 0.05) is 5.69 Å². The number of aromatic hydroxyl groups is 1. The summed E-state index contributed by atoms with van der Waals surface area (Å²) < 4.78 is 10.6. The van der Waals surface area contributed by atoms with E-state index in [1.54, 1.807) is 30.3 Å². The van der Waals surface area contributed by atoms with Crippen molar-refractivity contribution in [2.75, 3.05) is 12.3 Å². The van der Waals surface area contributed by atoms with Crippen LogP contribution in [0.15, 0.2) is 42.5 Å². The maximum absolute atomic E-state index is 12.2. The Kier molecular flexibility index (Phi) is 4.66. The fourth-order valence-corrected chi connectivity index (χ4v) is 1.86. The molecule has 21 heavy (non-hydrogen) atoms. The summed E-state index contributed by atoms with van der Waals surface area (Å²) in [4.78, 5) is 12.2. The lowest BCUT2D eigenvalue weighted by Gasteiger charge is -2.12. The molecule has 2 aromatic rings. The quantitative estimate of drug-likeness (QED) is 0.652. The molecule has 0 saturated carbocycles. The Morgan fingerprint density at radius 3 is 2.57 bits per heavy atom. The zero-order chi connectivity index (χ0) is 15.2. The number of carbonyl (C=O) groups excluding carboxylic acids is 1. The third-order valence-electron chi connectivity index (χ3n) is 2.87. The van der Waals surface area contributed by atoms with Crippen molar-refractivity contribution in [3.05, 3.63) is 53.6 Å². The summed E-state index contributed by atoms with van der Waals surface area (Å²) in [6.07, 6.45) is 0. The number of rotatable bonds is 5. The lowest BCUT2D eigenvalue weighted by molar-refractivity contribution is 0.0469. The van der Waals surface area contributed by atoms with Gasteiger partial charge in [-0.05, 0) is 36.8 Å². The molecule has 0 radical (unpaired) electrons. The van der Waals surface area contributed by atoms with Crippen molar-refractivity contribution in [3.63, 3.8) is 0 Å². The minimum absolute atomic E-state index is 0.0962. The molecule has 0 amide bonds. The maximum atomic E-state index is 12.2. The lowest BCUT2D eigenvalue weighted by atomic mass is 10.1. The SMILES string of the molecule is CCOc1cccc(N)c1C(=O)OCc1ccc(O)cc1. The van der Waals surface area contributed by atoms with Crippen LogP contribution in [0.2, 0.25) is 0 Å². The van der Waals surface area contributed by atoms with Crippen molar-refractivity contribution in [3.8, 4) is 11.5 Å². The Labute approximate surface area is 122 Å². The number of esters is 1. The second-order valence-electron chi connectivity index (χ2n) is 4.40. The molecule has 0 spiro atoms. The Morgan fingerprint density at radius 1 is 1.19 bits per heavy atom. The molecule has 0 aliphatic rings. The van der Waals surface area contributed by atoms with Gasteiger partial charge in [0.05, 0.1) is 6.61 Å². The fraction of sp³-hybridized carbons (Fsp3) is 0.188. The van der Waals surface area contributed by atoms with E-state index in [1.807, 2.05) is 6.92 Å². The van der Waals surface area contributed by atoms with Crippen molar-refractivity contribution < 1.29 is 19.4 Å². The van der Waals surface area contributed by atoms with E-state index in [0.717, 1.165) is 5.56 Å². The minimum Gasteiger partial charge on any atom is -0.508 e. The first-order valence-corrected chi connectivity index (χ1v) is 6.58. The molecule has 0 atom stereocenters. The summed E-state index contributed by atoms with van der Waals surface area (Å²) in [6, 6.07) is 11.5. The summed E-state index contributed by atoms with van der Waals surface area (Å²) >= 11 is 0. The normalized spacial score (nSPS) is 10.1. The van der Waals surface area contributed by atoms with E-state index in [9.17, 15) is 9.90 Å². The minimum atomic E-state index is -0.537. The smallest absolute Gasteiger partial charge is 0.344 e. The summed E-state index contributed by atoms with van der Waals surface area (Å²) in [5.41, 5.74) is 7.15. The molecule has 0 heterocycles. The second-order valence-corrected chi connectivity index (χ2v) is 4.40. The van der Waals surface area contributed by atoms with Crippen LogP contribution in [0.4, 0.5) is 5.69 Å². The number of benzene rings is 2. The largest absolute Gasteiger partial charge is 0.508 e. The average molecular weight is 287 g/mol. The van der Waals surface area contributed by atoms with Crippen molar-refractivity contribution in [2.24, 2.45) is 0 Å². The van der Waals surface area contributed by atoms with Gasteiger partial charge in [0.25, 0.3) is 0 Å². The van der Waals surface area contributed by atoms with E-state index in [1.165, 1.54) is 12.1 Å². The van der Waals surface area contributed by atoms with E-state index in [0.29, 0.717) is 18.0 Å². The highest BCUT2D eigenvalue weighted by Gasteiger charge is 2.17. The Balaban J connectivity index is 2.11. The molecule has 0 aliphatic heterocycles. The first kappa shape index (κ1) is 14.7. The van der Waals surface area contributed by atoms with Crippen LogP contribution in [-0.2, 0) is 11.3 Å². The third kappa shape index (κ3) is 3.66. The van der Waals surface area contributed by atoms with E-state index in [-0.39, 0.29) is 17.9 Å². The number of hydrogen-bond acceptors (Lipinski definition) is 5. The average Bonchev–Trinajstić information content (AvgIpc) is 2.47. The van der Waals surface area contributed by atoms with Gasteiger partial charge in [-0.3, -0.25) is 0 Å². The molecule has 0 aromatic heterocycles. The zero-order valence-electron chi connectivity index (χ0n) is 11.7. The van der Waals surface area contributed by atoms with Crippen LogP contribution in [-0.4, -0.2) is 17.7 Å². The highest BCUT2D eigenvalue weighted by molar-refractivity contribution is 5.98. The number of anilines is 1. The van der Waals surface area contributed by atoms with Crippen LogP contribution >= 0.6 is 0 Å². The molecule has 0 fully saturated rings. The standard InChI is InChI=1S/C16H17NO4/c1-2-20-14-5-3-4-13(17)15(14)16(19)21-10-11-6-8-12(18)9-7-11/h3-9,18H,2,10,17H2,1H3. The van der Waals surface area contributed by atoms with E-state index < -0.39 is 5.97 Å². The second kappa shape index (κ2) is 6.65. The summed E-state index contributed by atoms with van der Waals surface area (Å²) in [5, 5.41) is 9.20. The molecular weight excluding hydrogens is 270 g/mol. The van der Waals surface area contributed by atoms with Gasteiger partial charge in [-0.1, -0.05) is 18.2 Å². The Hall–Kier alpha value is -2.69. The van der Waals surface area contributed by atoms with Gasteiger partial charge in [-0.25, -0.2) is 4.79 Å². The number of phenols is 1. The number of nitrogens with two attached hydrogens (primary N) is 1. The molecule has 0 bridgehead atoms. The summed E-state index contributed by atoms with van der Waals surface area (Å²) in [6.45, 7) is 2.36. The van der Waals surface area contributed by atoms with E-state index >= 15 is 0 Å². The summed E-state index contributed by atoms with van der Waals surface area (Å²) in [7, 11) is 0. The topological polar surface area (TPSA) is 81.8 Å². The Bertz CT molecular complexity index is 623. The van der Waals surface area contributed by atoms with Crippen LogP contribution in [0.5, 0.6) is 11.5 Å². The molecule has 110 valence electrons. The van der Waals surface area contributed by atoms with Crippen LogP contribution in [0.3, 0.4) is 0 Å². The lowest BCUT2D eigenvalue weighted by Crippen LogP contribution is -2.11. The van der Waals surface area contributed by atoms with Gasteiger partial charge >= 0.3 is 5.97 Å². The van der Waals surface area contributed by atoms with E-state index in [4.69, 9.17) is 15.2 Å². The number of phenolic OH excluding ortho intramolecular Hbond substituents is 1. The molecule has 5 heteroatoms. The van der Waals surface area contributed by atoms with Crippen LogP contribution < -0.4 is 10.5 Å². The van der Waals surface area contributed by atoms with Crippen LogP contribution in [0, 0.1) is 0 Å². The van der Waals surface area contributed by atoms with Crippen LogP contribution in [0.25, 0.3) is 0 Å². The van der Waals surface area contributed by atoms with Crippen LogP contribution in [0.1, 0.15) is 22.8 Å².